The van der Waals surface area contributed by atoms with Crippen LogP contribution in [0.25, 0.3) is 0 Å². The third-order valence-corrected chi connectivity index (χ3v) is 5.84. The molecule has 3 aromatic rings. The Balaban J connectivity index is 2.18. The fourth-order valence-electron chi connectivity index (χ4n) is 4.17. The molecule has 0 aliphatic carbocycles. The second kappa shape index (κ2) is 8.33. The standard InChI is InChI=1S/C20H21N5O9/c1-34-10-3-2-8(4-9(10)29)11-12-14(21-18(32)23-16(12)30)25(20(5-26,6-27)7-28)15-13(11)17(31)24-19(33)22-15/h2-4,11,26-29H,5-7H2,1H3,(H2,21,23,30,32)(H2,22,24,31,33). The molecule has 4 rings (SSSR count). The van der Waals surface area contributed by atoms with Crippen LogP contribution < -0.4 is 32.1 Å². The van der Waals surface area contributed by atoms with Crippen LogP contribution in [0.1, 0.15) is 22.6 Å². The van der Waals surface area contributed by atoms with Crippen LogP contribution in [-0.2, 0) is 0 Å². The second-order valence-electron chi connectivity index (χ2n) is 7.74. The Morgan fingerprint density at radius 3 is 1.79 bits per heavy atom. The van der Waals surface area contributed by atoms with Gasteiger partial charge in [-0.05, 0) is 17.7 Å². The third-order valence-electron chi connectivity index (χ3n) is 5.84. The van der Waals surface area contributed by atoms with E-state index in [1.54, 1.807) is 0 Å². The molecular formula is C20H21N5O9. The van der Waals surface area contributed by atoms with E-state index in [2.05, 4.69) is 19.9 Å². The van der Waals surface area contributed by atoms with Crippen LogP contribution in [-0.4, -0.2) is 72.8 Å². The zero-order chi connectivity index (χ0) is 24.8. The van der Waals surface area contributed by atoms with Gasteiger partial charge in [0, 0.05) is 0 Å². The summed E-state index contributed by atoms with van der Waals surface area (Å²) in [6.45, 7) is -2.68. The summed E-state index contributed by atoms with van der Waals surface area (Å²) >= 11 is 0. The first-order valence-corrected chi connectivity index (χ1v) is 9.94. The van der Waals surface area contributed by atoms with E-state index in [-0.39, 0.29) is 39.8 Å². The molecule has 0 unspecified atom stereocenters. The number of nitrogens with zero attached hydrogens (tertiary/aromatic N) is 1. The van der Waals surface area contributed by atoms with Crippen molar-refractivity contribution in [3.8, 4) is 11.5 Å². The highest BCUT2D eigenvalue weighted by molar-refractivity contribution is 5.74. The maximum Gasteiger partial charge on any atom is 0.327 e. The predicted molar refractivity (Wildman–Crippen MR) is 117 cm³/mol. The van der Waals surface area contributed by atoms with E-state index in [0.29, 0.717) is 0 Å². The van der Waals surface area contributed by atoms with Gasteiger partial charge in [-0.15, -0.1) is 0 Å². The minimum Gasteiger partial charge on any atom is -0.504 e. The quantitative estimate of drug-likeness (QED) is 0.187. The number of benzene rings is 1. The van der Waals surface area contributed by atoms with E-state index in [1.165, 1.54) is 25.3 Å². The van der Waals surface area contributed by atoms with Crippen molar-refractivity contribution in [1.29, 1.82) is 0 Å². The Morgan fingerprint density at radius 1 is 0.882 bits per heavy atom. The number of aromatic amines is 4. The molecule has 180 valence electrons. The van der Waals surface area contributed by atoms with Crippen molar-refractivity contribution >= 4 is 11.6 Å². The number of hydrogen-bond acceptors (Lipinski definition) is 10. The van der Waals surface area contributed by atoms with Gasteiger partial charge in [0.25, 0.3) is 11.1 Å². The molecule has 34 heavy (non-hydrogen) atoms. The van der Waals surface area contributed by atoms with Crippen molar-refractivity contribution < 1.29 is 25.2 Å². The molecule has 0 spiro atoms. The van der Waals surface area contributed by atoms with E-state index in [1.807, 2.05) is 0 Å². The van der Waals surface area contributed by atoms with Gasteiger partial charge in [0.15, 0.2) is 11.5 Å². The molecule has 1 aliphatic rings. The summed E-state index contributed by atoms with van der Waals surface area (Å²) in [4.78, 5) is 60.4. The highest BCUT2D eigenvalue weighted by Gasteiger charge is 2.47. The predicted octanol–water partition coefficient (Wildman–Crippen LogP) is -2.50. The number of H-pyrrole nitrogens is 4. The summed E-state index contributed by atoms with van der Waals surface area (Å²) in [5.74, 6) is -1.97. The SMILES string of the molecule is COc1ccc(C2c3c([nH]c(=O)[nH]c3=O)N(C(CO)(CO)CO)c3[nH]c(=O)[nH]c(=O)c32)cc1O. The van der Waals surface area contributed by atoms with Gasteiger partial charge < -0.3 is 25.2 Å². The van der Waals surface area contributed by atoms with E-state index in [0.717, 1.165) is 4.90 Å². The third kappa shape index (κ3) is 3.32. The lowest BCUT2D eigenvalue weighted by molar-refractivity contribution is 0.0683. The normalized spacial score (nSPS) is 13.5. The molecule has 14 nitrogen and oxygen atoms in total. The summed E-state index contributed by atoms with van der Waals surface area (Å²) < 4.78 is 5.04. The van der Waals surface area contributed by atoms with Crippen LogP contribution in [0.3, 0.4) is 0 Å². The molecule has 0 bridgehead atoms. The topological polar surface area (TPSA) is 225 Å². The first-order valence-electron chi connectivity index (χ1n) is 9.94. The number of aliphatic hydroxyl groups is 3. The number of fused-ring (bicyclic) bond motifs is 2. The summed E-state index contributed by atoms with van der Waals surface area (Å²) in [6, 6.07) is 4.12. The fraction of sp³-hybridized carbons (Fsp3) is 0.300. The maximum absolute atomic E-state index is 13.0. The summed E-state index contributed by atoms with van der Waals surface area (Å²) in [5, 5.41) is 40.5. The summed E-state index contributed by atoms with van der Waals surface area (Å²) in [7, 11) is 1.33. The van der Waals surface area contributed by atoms with E-state index < -0.39 is 53.8 Å². The smallest absolute Gasteiger partial charge is 0.327 e. The van der Waals surface area contributed by atoms with Crippen molar-refractivity contribution in [1.82, 2.24) is 19.9 Å². The van der Waals surface area contributed by atoms with Crippen molar-refractivity contribution in [2.45, 2.75) is 11.5 Å². The summed E-state index contributed by atoms with van der Waals surface area (Å²) in [6.07, 6.45) is 0. The Kier molecular flexibility index (Phi) is 5.64. The molecule has 1 aliphatic heterocycles. The number of anilines is 2. The van der Waals surface area contributed by atoms with Gasteiger partial charge in [0.1, 0.15) is 17.2 Å². The van der Waals surface area contributed by atoms with Crippen LogP contribution in [0.5, 0.6) is 11.5 Å². The number of ether oxygens (including phenoxy) is 1. The largest absolute Gasteiger partial charge is 0.504 e. The van der Waals surface area contributed by atoms with Crippen molar-refractivity contribution in [3.63, 3.8) is 0 Å². The van der Waals surface area contributed by atoms with E-state index in [4.69, 9.17) is 4.74 Å². The molecule has 8 N–H and O–H groups in total. The number of aromatic hydroxyl groups is 1. The number of phenolic OH excluding ortho intramolecular Hbond substituents is 1. The van der Waals surface area contributed by atoms with E-state index >= 15 is 0 Å². The zero-order valence-electron chi connectivity index (χ0n) is 17.7. The van der Waals surface area contributed by atoms with Gasteiger partial charge in [0.2, 0.25) is 0 Å². The van der Waals surface area contributed by atoms with Gasteiger partial charge >= 0.3 is 11.4 Å². The maximum atomic E-state index is 13.0. The van der Waals surface area contributed by atoms with Gasteiger partial charge in [-0.1, -0.05) is 6.07 Å². The second-order valence-corrected chi connectivity index (χ2v) is 7.74. The summed E-state index contributed by atoms with van der Waals surface area (Å²) in [5.41, 5.74) is -5.86. The molecule has 0 atom stereocenters. The minimum absolute atomic E-state index is 0.118. The molecule has 0 fully saturated rings. The number of hydrogen-bond donors (Lipinski definition) is 8. The van der Waals surface area contributed by atoms with Crippen LogP contribution in [0.2, 0.25) is 0 Å². The Hall–Kier alpha value is -4.14. The van der Waals surface area contributed by atoms with Crippen LogP contribution in [0.15, 0.2) is 37.4 Å². The van der Waals surface area contributed by atoms with Gasteiger partial charge in [-0.25, -0.2) is 9.59 Å². The molecule has 14 heteroatoms. The number of methoxy groups -OCH3 is 1. The molecule has 0 saturated heterocycles. The molecule has 0 saturated carbocycles. The fourth-order valence-corrected chi connectivity index (χ4v) is 4.17. The molecule has 3 heterocycles. The highest BCUT2D eigenvalue weighted by Crippen LogP contribution is 2.46. The lowest BCUT2D eigenvalue weighted by Gasteiger charge is -2.45. The van der Waals surface area contributed by atoms with Crippen molar-refractivity contribution in [2.24, 2.45) is 0 Å². The van der Waals surface area contributed by atoms with Gasteiger partial charge in [0.05, 0.1) is 44.0 Å². The Bertz CT molecular complexity index is 1400. The van der Waals surface area contributed by atoms with E-state index in [9.17, 15) is 39.6 Å². The monoisotopic (exact) mass is 475 g/mol. The molecule has 0 amide bonds. The average Bonchev–Trinajstić information content (AvgIpc) is 2.80. The van der Waals surface area contributed by atoms with Crippen LogP contribution in [0, 0.1) is 0 Å². The first kappa shape index (κ1) is 23.0. The lowest BCUT2D eigenvalue weighted by Crippen LogP contribution is -2.59. The zero-order valence-corrected chi connectivity index (χ0v) is 17.7. The van der Waals surface area contributed by atoms with Crippen LogP contribution >= 0.6 is 0 Å². The Morgan fingerprint density at radius 2 is 1.38 bits per heavy atom. The average molecular weight is 475 g/mol. The minimum atomic E-state index is -1.94. The number of aliphatic hydroxyl groups excluding tert-OH is 3. The van der Waals surface area contributed by atoms with Crippen LogP contribution in [0.4, 0.5) is 11.6 Å². The molecule has 1 aromatic carbocycles. The van der Waals surface area contributed by atoms with Gasteiger partial charge in [-0.3, -0.25) is 34.4 Å². The number of aromatic nitrogens is 4. The molecular weight excluding hydrogens is 454 g/mol. The number of rotatable bonds is 6. The highest BCUT2D eigenvalue weighted by atomic mass is 16.5. The van der Waals surface area contributed by atoms with Gasteiger partial charge in [-0.2, -0.15) is 0 Å². The Labute approximate surface area is 188 Å². The molecule has 2 aromatic heterocycles. The number of phenols is 1. The number of nitrogens with one attached hydrogen (secondary N) is 4. The van der Waals surface area contributed by atoms with Crippen molar-refractivity contribution in [2.75, 3.05) is 31.8 Å². The molecule has 0 radical (unpaired) electrons. The first-order chi connectivity index (χ1) is 16.2. The lowest BCUT2D eigenvalue weighted by atomic mass is 9.82. The van der Waals surface area contributed by atoms with Crippen molar-refractivity contribution in [3.05, 3.63) is 76.6 Å².